The minimum Gasteiger partial charge on any atom is -0.486 e. The van der Waals surface area contributed by atoms with Crippen molar-refractivity contribution in [3.05, 3.63) is 78.7 Å². The van der Waals surface area contributed by atoms with Crippen LogP contribution in [0.1, 0.15) is 25.9 Å². The largest absolute Gasteiger partial charge is 0.486 e. The first-order valence-electron chi connectivity index (χ1n) is 8.24. The molecule has 3 rings (SSSR count). The quantitative estimate of drug-likeness (QED) is 0.442. The summed E-state index contributed by atoms with van der Waals surface area (Å²) in [4.78, 5) is 27.7. The molecule has 0 aliphatic heterocycles. The van der Waals surface area contributed by atoms with Gasteiger partial charge in [0.15, 0.2) is 0 Å². The highest BCUT2D eigenvalue weighted by molar-refractivity contribution is 7.13. The van der Waals surface area contributed by atoms with Gasteiger partial charge in [-0.1, -0.05) is 29.3 Å². The number of nitrogens with one attached hydrogen (secondary N) is 1. The summed E-state index contributed by atoms with van der Waals surface area (Å²) < 4.78 is 5.70. The summed E-state index contributed by atoms with van der Waals surface area (Å²) in [6.07, 6.45) is 0. The zero-order valence-corrected chi connectivity index (χ0v) is 16.6. The van der Waals surface area contributed by atoms with Gasteiger partial charge in [-0.3, -0.25) is 14.9 Å². The first-order chi connectivity index (χ1) is 13.3. The smallest absolute Gasteiger partial charge is 0.289 e. The molecule has 3 aromatic rings. The van der Waals surface area contributed by atoms with Gasteiger partial charge in [-0.05, 0) is 38.1 Å². The van der Waals surface area contributed by atoms with Gasteiger partial charge >= 0.3 is 0 Å². The molecule has 9 heteroatoms. The Hall–Kier alpha value is -2.97. The van der Waals surface area contributed by atoms with E-state index in [1.54, 1.807) is 6.92 Å². The van der Waals surface area contributed by atoms with Gasteiger partial charge in [0.05, 0.1) is 10.6 Å². The van der Waals surface area contributed by atoms with Crippen LogP contribution in [-0.4, -0.2) is 15.8 Å². The fourth-order valence-corrected chi connectivity index (χ4v) is 3.48. The number of nitrogens with zero attached hydrogens (tertiary/aromatic N) is 2. The minimum absolute atomic E-state index is 0.00695. The molecule has 1 amide bonds. The molecule has 0 unspecified atom stereocenters. The molecule has 1 N–H and O–H groups in total. The molecular formula is C19H16ClN3O4S. The molecule has 144 valence electrons. The van der Waals surface area contributed by atoms with E-state index in [0.717, 1.165) is 11.3 Å². The monoisotopic (exact) mass is 417 g/mol. The molecule has 1 heterocycles. The van der Waals surface area contributed by atoms with Crippen LogP contribution in [0.5, 0.6) is 5.75 Å². The number of amides is 1. The number of anilines is 1. The van der Waals surface area contributed by atoms with Gasteiger partial charge in [-0.2, -0.15) is 0 Å². The molecular weight excluding hydrogens is 402 g/mol. The van der Waals surface area contributed by atoms with Gasteiger partial charge in [0.1, 0.15) is 27.3 Å². The number of aromatic nitrogens is 1. The van der Waals surface area contributed by atoms with Crippen LogP contribution < -0.4 is 10.1 Å². The van der Waals surface area contributed by atoms with Crippen molar-refractivity contribution in [1.82, 2.24) is 4.98 Å². The second-order valence-corrected chi connectivity index (χ2v) is 7.49. The first-order valence-corrected chi connectivity index (χ1v) is 9.44. The van der Waals surface area contributed by atoms with Crippen molar-refractivity contribution in [2.24, 2.45) is 0 Å². The lowest BCUT2D eigenvalue weighted by Gasteiger charge is -2.05. The van der Waals surface area contributed by atoms with E-state index in [0.29, 0.717) is 15.6 Å². The Labute approximate surface area is 170 Å². The van der Waals surface area contributed by atoms with Crippen LogP contribution in [0.15, 0.2) is 42.5 Å². The second-order valence-electron chi connectivity index (χ2n) is 6.00. The Bertz CT molecular complexity index is 1030. The van der Waals surface area contributed by atoms with Gasteiger partial charge < -0.3 is 10.1 Å². The number of benzene rings is 2. The predicted molar refractivity (Wildman–Crippen MR) is 108 cm³/mol. The van der Waals surface area contributed by atoms with Crippen molar-refractivity contribution < 1.29 is 14.5 Å². The predicted octanol–water partition coefficient (Wildman–Crippen LogP) is 5.15. The Balaban J connectivity index is 1.70. The van der Waals surface area contributed by atoms with Crippen LogP contribution in [-0.2, 0) is 6.61 Å². The lowest BCUT2D eigenvalue weighted by Crippen LogP contribution is -2.11. The number of thiazole rings is 1. The molecule has 2 aromatic carbocycles. The van der Waals surface area contributed by atoms with E-state index in [2.05, 4.69) is 10.3 Å². The Morgan fingerprint density at radius 3 is 2.64 bits per heavy atom. The fraction of sp³-hybridized carbons (Fsp3) is 0.158. The standard InChI is InChI=1S/C19H16ClN3O4S/c1-11-3-6-14(7-4-11)27-10-17-21-12(2)18(28-17)19(24)22-13-5-8-15(20)16(9-13)23(25)26/h3-9H,10H2,1-2H3,(H,22,24). The van der Waals surface area contributed by atoms with Crippen LogP contribution in [0.25, 0.3) is 0 Å². The molecule has 0 bridgehead atoms. The number of hydrogen-bond acceptors (Lipinski definition) is 6. The Morgan fingerprint density at radius 1 is 1.25 bits per heavy atom. The number of aryl methyl sites for hydroxylation is 2. The number of halogens is 1. The number of nitro groups is 1. The number of nitro benzene ring substituents is 1. The van der Waals surface area contributed by atoms with E-state index in [9.17, 15) is 14.9 Å². The van der Waals surface area contributed by atoms with Gasteiger partial charge in [0.25, 0.3) is 11.6 Å². The van der Waals surface area contributed by atoms with Crippen molar-refractivity contribution >= 4 is 40.2 Å². The molecule has 28 heavy (non-hydrogen) atoms. The zero-order valence-electron chi connectivity index (χ0n) is 15.1. The lowest BCUT2D eigenvalue weighted by atomic mass is 10.2. The summed E-state index contributed by atoms with van der Waals surface area (Å²) in [5, 5.41) is 14.3. The van der Waals surface area contributed by atoms with E-state index in [1.165, 1.54) is 29.5 Å². The summed E-state index contributed by atoms with van der Waals surface area (Å²) in [6, 6.07) is 11.7. The van der Waals surface area contributed by atoms with Crippen molar-refractivity contribution in [2.45, 2.75) is 20.5 Å². The number of carbonyl (C=O) groups is 1. The molecule has 0 radical (unpaired) electrons. The maximum atomic E-state index is 12.5. The van der Waals surface area contributed by atoms with Gasteiger partial charge in [-0.25, -0.2) is 4.98 Å². The molecule has 0 saturated heterocycles. The van der Waals surface area contributed by atoms with E-state index >= 15 is 0 Å². The van der Waals surface area contributed by atoms with E-state index in [1.807, 2.05) is 31.2 Å². The van der Waals surface area contributed by atoms with Crippen LogP contribution in [0.4, 0.5) is 11.4 Å². The third-order valence-corrected chi connectivity index (χ3v) is 5.28. The average Bonchev–Trinajstić information content (AvgIpc) is 3.03. The average molecular weight is 418 g/mol. The molecule has 0 aliphatic carbocycles. The topological polar surface area (TPSA) is 94.4 Å². The molecule has 0 spiro atoms. The van der Waals surface area contributed by atoms with Gasteiger partial charge in [0.2, 0.25) is 0 Å². The van der Waals surface area contributed by atoms with E-state index in [4.69, 9.17) is 16.3 Å². The van der Waals surface area contributed by atoms with E-state index in [-0.39, 0.29) is 23.0 Å². The molecule has 0 aliphatic rings. The second kappa shape index (κ2) is 8.37. The van der Waals surface area contributed by atoms with Crippen molar-refractivity contribution in [2.75, 3.05) is 5.32 Å². The molecule has 0 atom stereocenters. The van der Waals surface area contributed by atoms with Crippen molar-refractivity contribution in [1.29, 1.82) is 0 Å². The van der Waals surface area contributed by atoms with Crippen LogP contribution in [0.3, 0.4) is 0 Å². The van der Waals surface area contributed by atoms with Gasteiger partial charge in [0, 0.05) is 11.8 Å². The summed E-state index contributed by atoms with van der Waals surface area (Å²) in [6.45, 7) is 3.97. The van der Waals surface area contributed by atoms with Crippen LogP contribution in [0.2, 0.25) is 5.02 Å². The third-order valence-electron chi connectivity index (χ3n) is 3.83. The van der Waals surface area contributed by atoms with Crippen LogP contribution >= 0.6 is 22.9 Å². The van der Waals surface area contributed by atoms with Crippen LogP contribution in [0, 0.1) is 24.0 Å². The number of ether oxygens (including phenoxy) is 1. The third kappa shape index (κ3) is 4.65. The number of hydrogen-bond donors (Lipinski definition) is 1. The number of carbonyl (C=O) groups excluding carboxylic acids is 1. The molecule has 0 fully saturated rings. The maximum absolute atomic E-state index is 12.5. The van der Waals surface area contributed by atoms with E-state index < -0.39 is 10.8 Å². The van der Waals surface area contributed by atoms with Crippen molar-refractivity contribution in [3.8, 4) is 5.75 Å². The SMILES string of the molecule is Cc1ccc(OCc2nc(C)c(C(=O)Nc3ccc(Cl)c([N+](=O)[O-])c3)s2)cc1. The minimum atomic E-state index is -0.601. The molecule has 7 nitrogen and oxygen atoms in total. The highest BCUT2D eigenvalue weighted by atomic mass is 35.5. The molecule has 0 saturated carbocycles. The normalized spacial score (nSPS) is 10.5. The Morgan fingerprint density at radius 2 is 1.96 bits per heavy atom. The summed E-state index contributed by atoms with van der Waals surface area (Å²) in [5.74, 6) is 0.325. The summed E-state index contributed by atoms with van der Waals surface area (Å²) >= 11 is 7.01. The fourth-order valence-electron chi connectivity index (χ4n) is 2.42. The summed E-state index contributed by atoms with van der Waals surface area (Å²) in [5.41, 5.74) is 1.71. The highest BCUT2D eigenvalue weighted by Gasteiger charge is 2.18. The lowest BCUT2D eigenvalue weighted by molar-refractivity contribution is -0.384. The summed E-state index contributed by atoms with van der Waals surface area (Å²) in [7, 11) is 0. The first kappa shape index (κ1) is 19.8. The Kier molecular flexibility index (Phi) is 5.91. The zero-order chi connectivity index (χ0) is 20.3. The van der Waals surface area contributed by atoms with Crippen molar-refractivity contribution in [3.63, 3.8) is 0 Å². The highest BCUT2D eigenvalue weighted by Crippen LogP contribution is 2.28. The molecule has 1 aromatic heterocycles. The number of rotatable bonds is 6. The maximum Gasteiger partial charge on any atom is 0.289 e. The van der Waals surface area contributed by atoms with Gasteiger partial charge in [-0.15, -0.1) is 11.3 Å².